The third-order valence-electron chi connectivity index (χ3n) is 1.26. The van der Waals surface area contributed by atoms with Crippen LogP contribution in [0, 0.1) is 5.82 Å². The molecule has 0 fully saturated rings. The van der Waals surface area contributed by atoms with Crippen LogP contribution < -0.4 is 0 Å². The van der Waals surface area contributed by atoms with E-state index in [1.165, 1.54) is 0 Å². The third kappa shape index (κ3) is 2.32. The van der Waals surface area contributed by atoms with Crippen molar-refractivity contribution in [3.8, 4) is 5.75 Å². The van der Waals surface area contributed by atoms with E-state index in [4.69, 9.17) is 10.7 Å². The molecule has 0 aliphatic rings. The maximum atomic E-state index is 12.7. The maximum Gasteiger partial charge on any atom is 0.265 e. The van der Waals surface area contributed by atoms with E-state index >= 15 is 0 Å². The van der Waals surface area contributed by atoms with E-state index in [2.05, 4.69) is 15.9 Å². The monoisotopic (exact) mass is 288 g/mol. The van der Waals surface area contributed by atoms with Crippen molar-refractivity contribution in [1.29, 1.82) is 0 Å². The summed E-state index contributed by atoms with van der Waals surface area (Å²) < 4.78 is 34.2. The Morgan fingerprint density at radius 3 is 2.46 bits per heavy atom. The molecule has 0 atom stereocenters. The lowest BCUT2D eigenvalue weighted by atomic mass is 10.3. The lowest BCUT2D eigenvalue weighted by molar-refractivity contribution is 0.452. The summed E-state index contributed by atoms with van der Waals surface area (Å²) in [6.07, 6.45) is 0. The van der Waals surface area contributed by atoms with E-state index in [-0.39, 0.29) is 4.47 Å². The van der Waals surface area contributed by atoms with Gasteiger partial charge in [-0.05, 0) is 28.1 Å². The van der Waals surface area contributed by atoms with Crippen LogP contribution in [-0.2, 0) is 9.05 Å². The molecular formula is C6H3BrClFO3S. The van der Waals surface area contributed by atoms with Crippen LogP contribution in [0.25, 0.3) is 0 Å². The van der Waals surface area contributed by atoms with Crippen LogP contribution in [0.2, 0.25) is 0 Å². The Bertz CT molecular complexity index is 445. The number of rotatable bonds is 1. The molecule has 0 heterocycles. The van der Waals surface area contributed by atoms with Gasteiger partial charge in [-0.3, -0.25) is 0 Å². The van der Waals surface area contributed by atoms with Gasteiger partial charge in [-0.15, -0.1) is 0 Å². The van der Waals surface area contributed by atoms with Gasteiger partial charge in [0.2, 0.25) is 0 Å². The number of hydrogen-bond donors (Lipinski definition) is 1. The molecule has 1 N–H and O–H groups in total. The SMILES string of the molecule is O=S(=O)(Cl)c1cc(F)cc(Br)c1O. The quantitative estimate of drug-likeness (QED) is 0.807. The van der Waals surface area contributed by atoms with Gasteiger partial charge in [0, 0.05) is 10.7 Å². The lowest BCUT2D eigenvalue weighted by Crippen LogP contribution is -1.93. The minimum Gasteiger partial charge on any atom is -0.505 e. The highest BCUT2D eigenvalue weighted by atomic mass is 79.9. The normalized spacial score (nSPS) is 11.6. The zero-order valence-corrected chi connectivity index (χ0v) is 9.12. The van der Waals surface area contributed by atoms with Gasteiger partial charge in [0.1, 0.15) is 16.5 Å². The summed E-state index contributed by atoms with van der Waals surface area (Å²) in [4.78, 5) is -0.652. The van der Waals surface area contributed by atoms with Crippen LogP contribution >= 0.6 is 26.6 Å². The highest BCUT2D eigenvalue weighted by Gasteiger charge is 2.19. The zero-order chi connectivity index (χ0) is 10.2. The molecule has 13 heavy (non-hydrogen) atoms. The van der Waals surface area contributed by atoms with Crippen molar-refractivity contribution >= 4 is 35.7 Å². The van der Waals surface area contributed by atoms with Gasteiger partial charge < -0.3 is 5.11 Å². The van der Waals surface area contributed by atoms with Gasteiger partial charge in [-0.1, -0.05) is 0 Å². The Labute approximate surface area is 86.7 Å². The van der Waals surface area contributed by atoms with Crippen molar-refractivity contribution in [3.05, 3.63) is 22.4 Å². The predicted molar refractivity (Wildman–Crippen MR) is 48.8 cm³/mol. The number of benzene rings is 1. The summed E-state index contributed by atoms with van der Waals surface area (Å²) in [6.45, 7) is 0. The number of halogens is 3. The topological polar surface area (TPSA) is 54.4 Å². The average molecular weight is 290 g/mol. The van der Waals surface area contributed by atoms with Crippen molar-refractivity contribution in [2.24, 2.45) is 0 Å². The first-order valence-corrected chi connectivity index (χ1v) is 6.05. The Kier molecular flexibility index (Phi) is 2.84. The van der Waals surface area contributed by atoms with Crippen LogP contribution in [0.4, 0.5) is 4.39 Å². The van der Waals surface area contributed by atoms with Crippen molar-refractivity contribution in [3.63, 3.8) is 0 Å². The molecule has 1 rings (SSSR count). The molecule has 0 saturated heterocycles. The summed E-state index contributed by atoms with van der Waals surface area (Å²) in [5.41, 5.74) is 0. The molecule has 0 spiro atoms. The van der Waals surface area contributed by atoms with E-state index in [1.807, 2.05) is 0 Å². The van der Waals surface area contributed by atoms with Crippen LogP contribution in [0.1, 0.15) is 0 Å². The first kappa shape index (κ1) is 10.7. The summed E-state index contributed by atoms with van der Waals surface area (Å²) in [6, 6.07) is 1.57. The van der Waals surface area contributed by atoms with Crippen LogP contribution in [-0.4, -0.2) is 13.5 Å². The van der Waals surface area contributed by atoms with Crippen molar-refractivity contribution in [2.45, 2.75) is 4.90 Å². The molecule has 0 unspecified atom stereocenters. The number of hydrogen-bond acceptors (Lipinski definition) is 3. The minimum absolute atomic E-state index is 0.0632. The molecule has 7 heteroatoms. The molecule has 0 aliphatic heterocycles. The first-order valence-electron chi connectivity index (χ1n) is 2.95. The van der Waals surface area contributed by atoms with Crippen LogP contribution in [0.15, 0.2) is 21.5 Å². The smallest absolute Gasteiger partial charge is 0.265 e. The van der Waals surface area contributed by atoms with Crippen LogP contribution in [0.5, 0.6) is 5.75 Å². The van der Waals surface area contributed by atoms with Crippen molar-refractivity contribution in [2.75, 3.05) is 0 Å². The van der Waals surface area contributed by atoms with Gasteiger partial charge in [0.25, 0.3) is 9.05 Å². The Morgan fingerprint density at radius 2 is 2.00 bits per heavy atom. The lowest BCUT2D eigenvalue weighted by Gasteiger charge is -2.02. The van der Waals surface area contributed by atoms with E-state index in [0.717, 1.165) is 6.07 Å². The summed E-state index contributed by atoms with van der Waals surface area (Å²) in [5.74, 6) is -1.40. The third-order valence-corrected chi connectivity index (χ3v) is 3.20. The van der Waals surface area contributed by atoms with Gasteiger partial charge >= 0.3 is 0 Å². The molecule has 0 aliphatic carbocycles. The van der Waals surface area contributed by atoms with E-state index < -0.39 is 25.5 Å². The summed E-state index contributed by atoms with van der Waals surface area (Å²) >= 11 is 2.78. The zero-order valence-electron chi connectivity index (χ0n) is 5.96. The predicted octanol–water partition coefficient (Wildman–Crippen LogP) is 2.22. The second-order valence-electron chi connectivity index (χ2n) is 2.17. The standard InChI is InChI=1S/C6H3BrClFO3S/c7-4-1-3(9)2-5(6(4)10)13(8,11)12/h1-2,10H. The van der Waals surface area contributed by atoms with Crippen molar-refractivity contribution < 1.29 is 17.9 Å². The highest BCUT2D eigenvalue weighted by molar-refractivity contribution is 9.10. The molecular weight excluding hydrogens is 286 g/mol. The molecule has 0 bridgehead atoms. The summed E-state index contributed by atoms with van der Waals surface area (Å²) in [7, 11) is 0.806. The summed E-state index contributed by atoms with van der Waals surface area (Å²) in [5, 5.41) is 9.18. The van der Waals surface area contributed by atoms with E-state index in [0.29, 0.717) is 6.07 Å². The Hall–Kier alpha value is -0.330. The molecule has 3 nitrogen and oxygen atoms in total. The molecule has 0 radical (unpaired) electrons. The largest absolute Gasteiger partial charge is 0.505 e. The fourth-order valence-corrected chi connectivity index (χ4v) is 2.24. The molecule has 0 aromatic heterocycles. The van der Waals surface area contributed by atoms with Gasteiger partial charge in [-0.2, -0.15) is 0 Å². The van der Waals surface area contributed by atoms with Gasteiger partial charge in [0.05, 0.1) is 4.47 Å². The van der Waals surface area contributed by atoms with Crippen LogP contribution in [0.3, 0.4) is 0 Å². The molecule has 1 aromatic rings. The minimum atomic E-state index is -4.13. The Morgan fingerprint density at radius 1 is 1.46 bits per heavy atom. The fourth-order valence-electron chi connectivity index (χ4n) is 0.728. The van der Waals surface area contributed by atoms with E-state index in [9.17, 15) is 17.9 Å². The molecule has 0 amide bonds. The fraction of sp³-hybridized carbons (Fsp3) is 0. The van der Waals surface area contributed by atoms with Gasteiger partial charge in [0.15, 0.2) is 0 Å². The first-order chi connectivity index (χ1) is 5.82. The molecule has 72 valence electrons. The highest BCUT2D eigenvalue weighted by Crippen LogP contribution is 2.33. The maximum absolute atomic E-state index is 12.7. The average Bonchev–Trinajstić information content (AvgIpc) is 1.94. The number of aromatic hydroxyl groups is 1. The van der Waals surface area contributed by atoms with E-state index in [1.54, 1.807) is 0 Å². The van der Waals surface area contributed by atoms with Gasteiger partial charge in [-0.25, -0.2) is 12.8 Å². The molecule has 0 saturated carbocycles. The number of phenolic OH excluding ortho intramolecular Hbond substituents is 1. The molecule has 1 aromatic carbocycles. The second kappa shape index (κ2) is 3.43. The second-order valence-corrected chi connectivity index (χ2v) is 5.56. The Balaban J connectivity index is 3.56. The van der Waals surface area contributed by atoms with Crippen molar-refractivity contribution in [1.82, 2.24) is 0 Å². The number of phenols is 1.